The van der Waals surface area contributed by atoms with Crippen molar-refractivity contribution in [3.63, 3.8) is 0 Å². The van der Waals surface area contributed by atoms with Crippen molar-refractivity contribution in [1.82, 2.24) is 0 Å². The number of ether oxygens (including phenoxy) is 4. The summed E-state index contributed by atoms with van der Waals surface area (Å²) in [6.07, 6.45) is 67.2. The Morgan fingerprint density at radius 3 is 0.804 bits per heavy atom. The molecule has 0 aromatic carbocycles. The molecular weight excluding hydrogens is 1330 g/mol. The molecular formula is C83H158O17P2. The van der Waals surface area contributed by atoms with Crippen LogP contribution < -0.4 is 0 Å². The SMILES string of the molecule is CCCCCC/C=C\C=C/CCCCCCCC(=O)O[C@H](COC(=O)CCCCCCCCCCCCCCC)COP(=O)(O)OC[C@H](O)COP(=O)(O)OC[C@@H](COC(=O)CCCCCCCCCCCCCCCCC(C)C)OC(=O)CCCCCCCCCCCCCCCCC(C)C. The quantitative estimate of drug-likeness (QED) is 0.0169. The van der Waals surface area contributed by atoms with Gasteiger partial charge in [-0.15, -0.1) is 0 Å². The summed E-state index contributed by atoms with van der Waals surface area (Å²) >= 11 is 0. The number of rotatable bonds is 80. The van der Waals surface area contributed by atoms with Gasteiger partial charge in [0.1, 0.15) is 19.3 Å². The van der Waals surface area contributed by atoms with Crippen molar-refractivity contribution in [1.29, 1.82) is 0 Å². The van der Waals surface area contributed by atoms with Crippen LogP contribution in [-0.2, 0) is 65.4 Å². The lowest BCUT2D eigenvalue weighted by atomic mass is 10.0. The molecule has 3 N–H and O–H groups in total. The summed E-state index contributed by atoms with van der Waals surface area (Å²) in [7, 11) is -9.94. The fourth-order valence-electron chi connectivity index (χ4n) is 12.3. The molecule has 0 heterocycles. The molecule has 2 unspecified atom stereocenters. The molecule has 0 fully saturated rings. The van der Waals surface area contributed by atoms with E-state index in [2.05, 4.69) is 65.8 Å². The third-order valence-electron chi connectivity index (χ3n) is 18.8. The highest BCUT2D eigenvalue weighted by atomic mass is 31.2. The first-order valence-corrected chi connectivity index (χ1v) is 45.3. The number of hydrogen-bond donors (Lipinski definition) is 3. The van der Waals surface area contributed by atoms with E-state index in [-0.39, 0.29) is 25.7 Å². The van der Waals surface area contributed by atoms with Crippen LogP contribution in [-0.4, -0.2) is 96.7 Å². The first-order valence-electron chi connectivity index (χ1n) is 42.3. The minimum Gasteiger partial charge on any atom is -0.462 e. The Labute approximate surface area is 624 Å². The highest BCUT2D eigenvalue weighted by molar-refractivity contribution is 7.47. The molecule has 0 bridgehead atoms. The Hall–Kier alpha value is -2.46. The van der Waals surface area contributed by atoms with Crippen molar-refractivity contribution >= 4 is 39.5 Å². The molecule has 5 atom stereocenters. The lowest BCUT2D eigenvalue weighted by Gasteiger charge is -2.21. The smallest absolute Gasteiger partial charge is 0.462 e. The number of aliphatic hydroxyl groups excluding tert-OH is 1. The molecule has 0 saturated heterocycles. The average molecular weight is 1490 g/mol. The van der Waals surface area contributed by atoms with Gasteiger partial charge in [-0.3, -0.25) is 37.3 Å². The molecule has 0 aromatic rings. The second-order valence-electron chi connectivity index (χ2n) is 30.1. The number of esters is 4. The van der Waals surface area contributed by atoms with E-state index in [4.69, 9.17) is 37.0 Å². The monoisotopic (exact) mass is 1490 g/mol. The van der Waals surface area contributed by atoms with Crippen molar-refractivity contribution in [2.24, 2.45) is 11.8 Å². The lowest BCUT2D eigenvalue weighted by Crippen LogP contribution is -2.30. The Morgan fingerprint density at radius 2 is 0.529 bits per heavy atom. The molecule has 0 aliphatic carbocycles. The summed E-state index contributed by atoms with van der Waals surface area (Å²) in [5, 5.41) is 10.7. The summed E-state index contributed by atoms with van der Waals surface area (Å²) in [6.45, 7) is 9.63. The molecule has 0 aliphatic heterocycles. The summed E-state index contributed by atoms with van der Waals surface area (Å²) in [6, 6.07) is 0. The Kier molecular flexibility index (Phi) is 72.2. The van der Waals surface area contributed by atoms with Gasteiger partial charge < -0.3 is 33.8 Å². The number of phosphoric ester groups is 2. The van der Waals surface area contributed by atoms with Crippen molar-refractivity contribution in [3.05, 3.63) is 24.3 Å². The maximum atomic E-state index is 13.1. The molecule has 0 aromatic heterocycles. The van der Waals surface area contributed by atoms with Gasteiger partial charge in [0.05, 0.1) is 26.4 Å². The topological polar surface area (TPSA) is 237 Å². The maximum absolute atomic E-state index is 13.1. The number of aliphatic hydroxyl groups is 1. The van der Waals surface area contributed by atoms with Crippen LogP contribution >= 0.6 is 15.6 Å². The van der Waals surface area contributed by atoms with E-state index < -0.39 is 97.5 Å². The third kappa shape index (κ3) is 75.8. The van der Waals surface area contributed by atoms with E-state index >= 15 is 0 Å². The van der Waals surface area contributed by atoms with E-state index in [0.717, 1.165) is 115 Å². The second-order valence-corrected chi connectivity index (χ2v) is 33.0. The van der Waals surface area contributed by atoms with Crippen LogP contribution in [0.2, 0.25) is 0 Å². The van der Waals surface area contributed by atoms with E-state index in [0.29, 0.717) is 25.7 Å². The fraction of sp³-hybridized carbons (Fsp3) is 0.904. The van der Waals surface area contributed by atoms with Gasteiger partial charge in [-0.25, -0.2) is 9.13 Å². The molecule has 19 heteroatoms. The zero-order chi connectivity index (χ0) is 74.9. The van der Waals surface area contributed by atoms with Crippen molar-refractivity contribution in [2.75, 3.05) is 39.6 Å². The molecule has 102 heavy (non-hydrogen) atoms. The van der Waals surface area contributed by atoms with Crippen LogP contribution in [0.25, 0.3) is 0 Å². The normalized spacial score (nSPS) is 14.0. The summed E-state index contributed by atoms with van der Waals surface area (Å²) in [4.78, 5) is 73.1. The molecule has 602 valence electrons. The first-order chi connectivity index (χ1) is 49.4. The summed E-state index contributed by atoms with van der Waals surface area (Å²) in [5.41, 5.74) is 0. The highest BCUT2D eigenvalue weighted by Crippen LogP contribution is 2.45. The van der Waals surface area contributed by atoms with Gasteiger partial charge in [0, 0.05) is 25.7 Å². The lowest BCUT2D eigenvalue weighted by molar-refractivity contribution is -0.161. The maximum Gasteiger partial charge on any atom is 0.472 e. The predicted molar refractivity (Wildman–Crippen MR) is 418 cm³/mol. The number of carbonyl (C=O) groups excluding carboxylic acids is 4. The first kappa shape index (κ1) is 99.5. The van der Waals surface area contributed by atoms with E-state index in [9.17, 15) is 43.2 Å². The molecule has 0 saturated carbocycles. The van der Waals surface area contributed by atoms with Gasteiger partial charge in [0.2, 0.25) is 0 Å². The standard InChI is InChI=1S/C83H158O17P2/c1-7-9-11-13-15-17-19-21-22-31-37-43-49-55-61-67-82(87)99-78(71-93-80(85)65-59-53-47-41-35-27-20-18-16-14-12-10-8-2)73-97-101(89,90)95-69-77(84)70-96-102(91,92)98-74-79(100-83(88)68-62-56-50-44-38-32-26-24-29-34-40-46-52-58-64-76(5)6)72-94-81(86)66-60-54-48-42-36-30-25-23-28-33-39-45-51-57-63-75(3)4/h17,19,21-22,75-79,84H,7-16,18,20,23-74H2,1-6H3,(H,89,90)(H,91,92)/b19-17-,22-21-/t77-,78+,79+/m0/s1. The minimum atomic E-state index is -4.97. The number of carbonyl (C=O) groups is 4. The number of allylic oxidation sites excluding steroid dienone is 4. The minimum absolute atomic E-state index is 0.0856. The summed E-state index contributed by atoms with van der Waals surface area (Å²) < 4.78 is 68.8. The predicted octanol–water partition coefficient (Wildman–Crippen LogP) is 24.6. The van der Waals surface area contributed by atoms with Gasteiger partial charge in [-0.1, -0.05) is 361 Å². The van der Waals surface area contributed by atoms with Crippen molar-refractivity contribution in [2.45, 2.75) is 432 Å². The Balaban J connectivity index is 5.30. The van der Waals surface area contributed by atoms with Gasteiger partial charge >= 0.3 is 39.5 Å². The van der Waals surface area contributed by atoms with E-state index in [1.165, 1.54) is 218 Å². The molecule has 0 rings (SSSR count). The van der Waals surface area contributed by atoms with Crippen LogP contribution in [0.4, 0.5) is 0 Å². The van der Waals surface area contributed by atoms with Crippen LogP contribution in [0.3, 0.4) is 0 Å². The van der Waals surface area contributed by atoms with Gasteiger partial charge in [0.15, 0.2) is 12.2 Å². The molecule has 0 amide bonds. The molecule has 0 aliphatic rings. The Morgan fingerprint density at radius 1 is 0.304 bits per heavy atom. The number of hydrogen-bond acceptors (Lipinski definition) is 15. The largest absolute Gasteiger partial charge is 0.472 e. The third-order valence-corrected chi connectivity index (χ3v) is 20.7. The average Bonchev–Trinajstić information content (AvgIpc) is 0.925. The van der Waals surface area contributed by atoms with Crippen LogP contribution in [0, 0.1) is 11.8 Å². The van der Waals surface area contributed by atoms with Crippen LogP contribution in [0.5, 0.6) is 0 Å². The van der Waals surface area contributed by atoms with Crippen LogP contribution in [0.15, 0.2) is 24.3 Å². The second kappa shape index (κ2) is 74.0. The number of phosphoric acid groups is 2. The zero-order valence-electron chi connectivity index (χ0n) is 66.4. The zero-order valence-corrected chi connectivity index (χ0v) is 68.2. The molecule has 17 nitrogen and oxygen atoms in total. The molecule has 0 radical (unpaired) electrons. The highest BCUT2D eigenvalue weighted by Gasteiger charge is 2.30. The summed E-state index contributed by atoms with van der Waals surface area (Å²) in [5.74, 6) is -0.543. The van der Waals surface area contributed by atoms with E-state index in [1.54, 1.807) is 0 Å². The van der Waals surface area contributed by atoms with Gasteiger partial charge in [-0.05, 0) is 63.2 Å². The Bertz CT molecular complexity index is 2050. The van der Waals surface area contributed by atoms with Gasteiger partial charge in [0.25, 0.3) is 0 Å². The van der Waals surface area contributed by atoms with Crippen molar-refractivity contribution in [3.8, 4) is 0 Å². The van der Waals surface area contributed by atoms with Crippen molar-refractivity contribution < 1.29 is 80.2 Å². The van der Waals surface area contributed by atoms with E-state index in [1.807, 2.05) is 0 Å². The fourth-order valence-corrected chi connectivity index (χ4v) is 13.9. The van der Waals surface area contributed by atoms with Crippen LogP contribution in [0.1, 0.15) is 414 Å². The van der Waals surface area contributed by atoms with Gasteiger partial charge in [-0.2, -0.15) is 0 Å². The molecule has 0 spiro atoms. The number of unbranched alkanes of at least 4 members (excludes halogenated alkanes) is 47.